The monoisotopic (exact) mass is 730 g/mol. The number of nitrogens with one attached hydrogen (secondary N) is 2. The molecule has 6 aromatic rings. The molecular formula is C41H39ClN6O5. The maximum atomic E-state index is 13.0. The molecule has 0 aliphatic rings. The molecule has 0 aliphatic carbocycles. The molecule has 270 valence electrons. The Balaban J connectivity index is 1.21. The maximum absolute atomic E-state index is 13.0. The number of hydrogen-bond donors (Lipinski definition) is 4. The second-order valence-corrected chi connectivity index (χ2v) is 12.8. The zero-order chi connectivity index (χ0) is 37.2. The van der Waals surface area contributed by atoms with Gasteiger partial charge in [-0.15, -0.1) is 0 Å². The van der Waals surface area contributed by atoms with Gasteiger partial charge in [0.1, 0.15) is 36.4 Å². The molecule has 0 saturated carbocycles. The van der Waals surface area contributed by atoms with Crippen LogP contribution in [0.1, 0.15) is 33.4 Å². The first-order chi connectivity index (χ1) is 25.9. The minimum absolute atomic E-state index is 0.00342. The summed E-state index contributed by atoms with van der Waals surface area (Å²) in [5.74, 6) is 1.02. The molecule has 12 heteroatoms. The number of fused-ring (bicyclic) bond motifs is 1. The van der Waals surface area contributed by atoms with Gasteiger partial charge in [-0.2, -0.15) is 5.26 Å². The third-order valence-corrected chi connectivity index (χ3v) is 9.05. The number of nitriles is 1. The average Bonchev–Trinajstić information content (AvgIpc) is 3.18. The number of halogens is 1. The average molecular weight is 731 g/mol. The SMILES string of the molecule is Cc1c(COc2cc(OCc3cncc(C#N)c3)c(CNCCO)cc2Cl)cccc1-c1cccc(-c2ccn3c(=O)c(CNCCO)cnc3c2)c1. The van der Waals surface area contributed by atoms with E-state index in [2.05, 4.69) is 51.8 Å². The van der Waals surface area contributed by atoms with Crippen LogP contribution in [0.4, 0.5) is 0 Å². The van der Waals surface area contributed by atoms with Crippen molar-refractivity contribution in [3.63, 3.8) is 0 Å². The van der Waals surface area contributed by atoms with E-state index in [1.54, 1.807) is 36.8 Å². The van der Waals surface area contributed by atoms with E-state index in [9.17, 15) is 15.2 Å². The van der Waals surface area contributed by atoms with Crippen LogP contribution in [0.2, 0.25) is 5.02 Å². The van der Waals surface area contributed by atoms with Crippen LogP contribution in [-0.4, -0.2) is 50.9 Å². The summed E-state index contributed by atoms with van der Waals surface area (Å²) in [5, 5.41) is 34.2. The Hall–Kier alpha value is -5.61. The third-order valence-electron chi connectivity index (χ3n) is 8.76. The molecule has 0 aliphatic heterocycles. The number of rotatable bonds is 16. The van der Waals surface area contributed by atoms with Crippen molar-refractivity contribution >= 4 is 17.2 Å². The van der Waals surface area contributed by atoms with E-state index in [-0.39, 0.29) is 32.0 Å². The van der Waals surface area contributed by atoms with Crippen molar-refractivity contribution in [3.8, 4) is 39.8 Å². The summed E-state index contributed by atoms with van der Waals surface area (Å²) in [6, 6.07) is 25.5. The van der Waals surface area contributed by atoms with Crippen LogP contribution in [0.15, 0.2) is 102 Å². The Morgan fingerprint density at radius 1 is 0.811 bits per heavy atom. The van der Waals surface area contributed by atoms with Crippen molar-refractivity contribution in [2.75, 3.05) is 26.3 Å². The molecular weight excluding hydrogens is 692 g/mol. The smallest absolute Gasteiger partial charge is 0.262 e. The van der Waals surface area contributed by atoms with Crippen LogP contribution in [0.5, 0.6) is 11.5 Å². The highest BCUT2D eigenvalue weighted by atomic mass is 35.5. The van der Waals surface area contributed by atoms with Crippen LogP contribution in [-0.2, 0) is 26.3 Å². The molecule has 0 unspecified atom stereocenters. The topological polar surface area (TPSA) is 154 Å². The van der Waals surface area contributed by atoms with Gasteiger partial charge in [-0.1, -0.05) is 48.0 Å². The highest BCUT2D eigenvalue weighted by molar-refractivity contribution is 6.32. The third kappa shape index (κ3) is 9.07. The predicted octanol–water partition coefficient (Wildman–Crippen LogP) is 5.58. The second-order valence-electron chi connectivity index (χ2n) is 12.4. The first kappa shape index (κ1) is 37.2. The van der Waals surface area contributed by atoms with Gasteiger partial charge in [-0.3, -0.25) is 14.2 Å². The first-order valence-electron chi connectivity index (χ1n) is 17.1. The van der Waals surface area contributed by atoms with E-state index in [1.807, 2.05) is 36.4 Å². The molecule has 0 amide bonds. The van der Waals surface area contributed by atoms with E-state index in [1.165, 1.54) is 10.6 Å². The molecule has 3 aromatic heterocycles. The number of nitrogens with zero attached hydrogens (tertiary/aromatic N) is 4. The zero-order valence-corrected chi connectivity index (χ0v) is 29.9. The number of ether oxygens (including phenoxy) is 2. The summed E-state index contributed by atoms with van der Waals surface area (Å²) in [5.41, 5.74) is 8.95. The van der Waals surface area contributed by atoms with Crippen LogP contribution < -0.4 is 25.7 Å². The van der Waals surface area contributed by atoms with E-state index >= 15 is 0 Å². The molecule has 11 nitrogen and oxygen atoms in total. The van der Waals surface area contributed by atoms with Gasteiger partial charge in [0.25, 0.3) is 5.56 Å². The fourth-order valence-electron chi connectivity index (χ4n) is 5.94. The minimum atomic E-state index is -0.147. The highest BCUT2D eigenvalue weighted by Crippen LogP contribution is 2.35. The summed E-state index contributed by atoms with van der Waals surface area (Å²) in [7, 11) is 0. The molecule has 3 aromatic carbocycles. The quantitative estimate of drug-likeness (QED) is 0.0929. The summed E-state index contributed by atoms with van der Waals surface area (Å²) in [6.07, 6.45) is 6.48. The molecule has 0 spiro atoms. The van der Waals surface area contributed by atoms with Gasteiger partial charge in [0.05, 0.1) is 23.8 Å². The molecule has 3 heterocycles. The lowest BCUT2D eigenvalue weighted by Crippen LogP contribution is -2.26. The number of pyridine rings is 2. The van der Waals surface area contributed by atoms with Crippen molar-refractivity contribution in [3.05, 3.63) is 146 Å². The first-order valence-corrected chi connectivity index (χ1v) is 17.5. The van der Waals surface area contributed by atoms with Crippen LogP contribution in [0, 0.1) is 18.3 Å². The predicted molar refractivity (Wildman–Crippen MR) is 204 cm³/mol. The maximum Gasteiger partial charge on any atom is 0.262 e. The van der Waals surface area contributed by atoms with Crippen LogP contribution in [0.3, 0.4) is 0 Å². The largest absolute Gasteiger partial charge is 0.488 e. The molecule has 6 rings (SSSR count). The van der Waals surface area contributed by atoms with E-state index < -0.39 is 0 Å². The summed E-state index contributed by atoms with van der Waals surface area (Å²) >= 11 is 6.72. The Labute approximate surface area is 312 Å². The van der Waals surface area contributed by atoms with Crippen molar-refractivity contribution in [1.29, 1.82) is 5.26 Å². The number of aliphatic hydroxyl groups excluding tert-OH is 2. The normalized spacial score (nSPS) is 11.1. The summed E-state index contributed by atoms with van der Waals surface area (Å²) in [4.78, 5) is 21.6. The van der Waals surface area contributed by atoms with E-state index in [0.717, 1.165) is 44.5 Å². The molecule has 0 atom stereocenters. The molecule has 0 bridgehead atoms. The summed E-state index contributed by atoms with van der Waals surface area (Å²) < 4.78 is 14.0. The lowest BCUT2D eigenvalue weighted by atomic mass is 9.94. The summed E-state index contributed by atoms with van der Waals surface area (Å²) in [6.45, 7) is 4.08. The lowest BCUT2D eigenvalue weighted by molar-refractivity contribution is 0.282. The molecule has 53 heavy (non-hydrogen) atoms. The number of benzene rings is 3. The van der Waals surface area contributed by atoms with Crippen LogP contribution in [0.25, 0.3) is 27.9 Å². The lowest BCUT2D eigenvalue weighted by Gasteiger charge is -2.17. The standard InChI is InChI=1S/C41H39ClN6O5/c1-27-33(26-53-39-18-38(34(16-37(39)42)22-44-9-12-49)52-25-29-14-28(19-43)20-46-21-29)6-3-7-36(27)32-5-2-4-30(15-32)31-8-11-48-40(17-31)47-24-35(41(48)51)23-45-10-13-50/h2-8,11,14-18,20-21,24,44-45,49-50H,9-10,12-13,22-23,25-26H2,1H3. The van der Waals surface area contributed by atoms with Crippen molar-refractivity contribution in [2.24, 2.45) is 0 Å². The molecule has 0 radical (unpaired) electrons. The number of aromatic nitrogens is 3. The van der Waals surface area contributed by atoms with Gasteiger partial charge in [0, 0.05) is 73.7 Å². The Bertz CT molecular complexity index is 2320. The van der Waals surface area contributed by atoms with Gasteiger partial charge in [-0.05, 0) is 70.6 Å². The van der Waals surface area contributed by atoms with E-state index in [4.69, 9.17) is 26.2 Å². The second kappa shape index (κ2) is 17.7. The molecule has 0 saturated heterocycles. The number of hydrogen-bond acceptors (Lipinski definition) is 10. The van der Waals surface area contributed by atoms with Crippen molar-refractivity contribution in [1.82, 2.24) is 25.0 Å². The van der Waals surface area contributed by atoms with E-state index in [0.29, 0.717) is 59.5 Å². The van der Waals surface area contributed by atoms with Gasteiger partial charge in [-0.25, -0.2) is 4.98 Å². The van der Waals surface area contributed by atoms with Gasteiger partial charge < -0.3 is 30.3 Å². The fraction of sp³-hybridized carbons (Fsp3) is 0.220. The van der Waals surface area contributed by atoms with Gasteiger partial charge in [0.2, 0.25) is 0 Å². The Morgan fingerprint density at radius 3 is 2.34 bits per heavy atom. The fourth-order valence-corrected chi connectivity index (χ4v) is 6.18. The molecule has 0 fully saturated rings. The van der Waals surface area contributed by atoms with Gasteiger partial charge in [0.15, 0.2) is 0 Å². The van der Waals surface area contributed by atoms with Crippen molar-refractivity contribution in [2.45, 2.75) is 33.2 Å². The minimum Gasteiger partial charge on any atom is -0.488 e. The highest BCUT2D eigenvalue weighted by Gasteiger charge is 2.15. The Kier molecular flexibility index (Phi) is 12.4. The van der Waals surface area contributed by atoms with Crippen LogP contribution >= 0.6 is 11.6 Å². The molecule has 4 N–H and O–H groups in total. The zero-order valence-electron chi connectivity index (χ0n) is 29.2. The van der Waals surface area contributed by atoms with Crippen molar-refractivity contribution < 1.29 is 19.7 Å². The Morgan fingerprint density at radius 2 is 1.55 bits per heavy atom. The number of aliphatic hydroxyl groups is 2. The van der Waals surface area contributed by atoms with Gasteiger partial charge >= 0.3 is 0 Å².